The fourth-order valence-corrected chi connectivity index (χ4v) is 3.45. The van der Waals surface area contributed by atoms with Gasteiger partial charge >= 0.3 is 5.97 Å². The number of benzene rings is 1. The van der Waals surface area contributed by atoms with Gasteiger partial charge in [0.25, 0.3) is 0 Å². The van der Waals surface area contributed by atoms with E-state index in [0.29, 0.717) is 37.6 Å². The molecular formula is C19H18Cl2N6O2S. The van der Waals surface area contributed by atoms with Gasteiger partial charge in [-0.3, -0.25) is 0 Å². The Kier molecular flexibility index (Phi) is 6.64. The molecule has 0 amide bonds. The molecular weight excluding hydrogens is 447 g/mol. The maximum atomic E-state index is 12.4. The highest BCUT2D eigenvalue weighted by Gasteiger charge is 2.27. The van der Waals surface area contributed by atoms with Crippen LogP contribution in [0.2, 0.25) is 10.0 Å². The lowest BCUT2D eigenvalue weighted by atomic mass is 9.87. The van der Waals surface area contributed by atoms with Gasteiger partial charge in [-0.05, 0) is 42.2 Å². The van der Waals surface area contributed by atoms with Gasteiger partial charge in [0.05, 0.1) is 11.4 Å². The summed E-state index contributed by atoms with van der Waals surface area (Å²) in [5, 5.41) is 13.2. The minimum Gasteiger partial charge on any atom is -0.311 e. The van der Waals surface area contributed by atoms with E-state index in [4.69, 9.17) is 28.0 Å². The van der Waals surface area contributed by atoms with Gasteiger partial charge in [-0.15, -0.1) is 5.10 Å². The SMILES string of the molecule is Cc1nnsc1C(=O)O/N=C(\C(=C\c1ccc(Cl)cc1Cl)n1cncn1)C(C)(C)C. The molecule has 2 heterocycles. The Labute approximate surface area is 187 Å². The van der Waals surface area contributed by atoms with Gasteiger partial charge in [0.2, 0.25) is 0 Å². The highest BCUT2D eigenvalue weighted by atomic mass is 35.5. The molecule has 2 aromatic heterocycles. The zero-order valence-electron chi connectivity index (χ0n) is 16.6. The third kappa shape index (κ3) is 5.10. The first-order chi connectivity index (χ1) is 14.2. The van der Waals surface area contributed by atoms with Gasteiger partial charge in [-0.1, -0.05) is 59.7 Å². The van der Waals surface area contributed by atoms with Crippen LogP contribution < -0.4 is 0 Å². The van der Waals surface area contributed by atoms with E-state index in [9.17, 15) is 4.79 Å². The molecule has 0 bridgehead atoms. The number of aromatic nitrogens is 5. The van der Waals surface area contributed by atoms with E-state index in [1.54, 1.807) is 31.2 Å². The summed E-state index contributed by atoms with van der Waals surface area (Å²) in [6, 6.07) is 5.15. The Morgan fingerprint density at radius 1 is 1.30 bits per heavy atom. The van der Waals surface area contributed by atoms with E-state index in [-0.39, 0.29) is 0 Å². The van der Waals surface area contributed by atoms with Crippen LogP contribution in [0.4, 0.5) is 0 Å². The van der Waals surface area contributed by atoms with Gasteiger partial charge in [0.15, 0.2) is 4.88 Å². The molecule has 1 aromatic carbocycles. The second kappa shape index (κ2) is 9.03. The summed E-state index contributed by atoms with van der Waals surface area (Å²) in [5.41, 5.74) is 1.66. The van der Waals surface area contributed by atoms with Crippen LogP contribution in [0.15, 0.2) is 36.0 Å². The number of hydrogen-bond donors (Lipinski definition) is 0. The van der Waals surface area contributed by atoms with Crippen LogP contribution in [0.25, 0.3) is 11.8 Å². The Bertz CT molecular complexity index is 1120. The van der Waals surface area contributed by atoms with E-state index in [2.05, 4.69) is 24.8 Å². The second-order valence-electron chi connectivity index (χ2n) is 7.29. The number of rotatable bonds is 5. The Morgan fingerprint density at radius 3 is 2.63 bits per heavy atom. The predicted octanol–water partition coefficient (Wildman–Crippen LogP) is 5.00. The lowest BCUT2D eigenvalue weighted by Gasteiger charge is -2.23. The number of allylic oxidation sites excluding steroid dienone is 1. The van der Waals surface area contributed by atoms with Crippen LogP contribution >= 0.6 is 34.7 Å². The van der Waals surface area contributed by atoms with E-state index in [0.717, 1.165) is 11.5 Å². The fraction of sp³-hybridized carbons (Fsp3) is 0.263. The van der Waals surface area contributed by atoms with Crippen molar-refractivity contribution in [2.45, 2.75) is 27.7 Å². The fourth-order valence-electron chi connectivity index (χ4n) is 2.46. The molecule has 3 rings (SSSR count). The Morgan fingerprint density at radius 2 is 2.07 bits per heavy atom. The maximum Gasteiger partial charge on any atom is 0.379 e. The topological polar surface area (TPSA) is 95.2 Å². The van der Waals surface area contributed by atoms with Crippen LogP contribution in [0, 0.1) is 12.3 Å². The molecule has 11 heteroatoms. The standard InChI is InChI=1S/C19H18Cl2N6O2S/c1-11-16(30-26-24-11)18(28)29-25-17(19(2,3)4)15(27-10-22-9-23-27)7-12-5-6-13(20)8-14(12)21/h5-10H,1-4H3/b15-7-,25-17+. The third-order valence-corrected chi connectivity index (χ3v) is 5.30. The van der Waals surface area contributed by atoms with Gasteiger partial charge in [-0.2, -0.15) is 5.10 Å². The van der Waals surface area contributed by atoms with E-state index >= 15 is 0 Å². The molecule has 0 aliphatic heterocycles. The smallest absolute Gasteiger partial charge is 0.311 e. The van der Waals surface area contributed by atoms with Crippen molar-refractivity contribution in [2.75, 3.05) is 0 Å². The molecule has 0 saturated heterocycles. The number of aryl methyl sites for hydroxylation is 1. The largest absolute Gasteiger partial charge is 0.379 e. The normalized spacial score (nSPS) is 12.9. The quantitative estimate of drug-likeness (QED) is 0.299. The Hall–Kier alpha value is -2.62. The molecule has 30 heavy (non-hydrogen) atoms. The van der Waals surface area contributed by atoms with Crippen molar-refractivity contribution >= 4 is 58.2 Å². The van der Waals surface area contributed by atoms with Crippen molar-refractivity contribution in [3.8, 4) is 0 Å². The minimum absolute atomic E-state index is 0.291. The molecule has 3 aromatic rings. The van der Waals surface area contributed by atoms with E-state index < -0.39 is 11.4 Å². The highest BCUT2D eigenvalue weighted by molar-refractivity contribution is 7.07. The van der Waals surface area contributed by atoms with Gasteiger partial charge in [0.1, 0.15) is 18.4 Å². The lowest BCUT2D eigenvalue weighted by Crippen LogP contribution is -2.25. The number of oxime groups is 1. The zero-order chi connectivity index (χ0) is 21.9. The average Bonchev–Trinajstić information content (AvgIpc) is 3.33. The summed E-state index contributed by atoms with van der Waals surface area (Å²) in [6.45, 7) is 7.49. The average molecular weight is 465 g/mol. The first kappa shape index (κ1) is 22.1. The summed E-state index contributed by atoms with van der Waals surface area (Å²) in [6.07, 6.45) is 4.71. The molecule has 0 N–H and O–H groups in total. The third-order valence-electron chi connectivity index (χ3n) is 3.93. The number of hydrogen-bond acceptors (Lipinski definition) is 8. The monoisotopic (exact) mass is 464 g/mol. The number of halogens is 2. The molecule has 0 radical (unpaired) electrons. The van der Waals surface area contributed by atoms with Gasteiger partial charge in [0, 0.05) is 15.5 Å². The molecule has 0 spiro atoms. The zero-order valence-corrected chi connectivity index (χ0v) is 19.0. The summed E-state index contributed by atoms with van der Waals surface area (Å²) >= 11 is 13.3. The van der Waals surface area contributed by atoms with Crippen molar-refractivity contribution in [2.24, 2.45) is 10.6 Å². The second-order valence-corrected chi connectivity index (χ2v) is 8.89. The van der Waals surface area contributed by atoms with Crippen molar-refractivity contribution in [1.82, 2.24) is 24.4 Å². The van der Waals surface area contributed by atoms with E-state index in [1.807, 2.05) is 20.8 Å². The van der Waals surface area contributed by atoms with Crippen LogP contribution in [-0.2, 0) is 4.84 Å². The first-order valence-electron chi connectivity index (χ1n) is 8.77. The van der Waals surface area contributed by atoms with Crippen molar-refractivity contribution in [3.63, 3.8) is 0 Å². The van der Waals surface area contributed by atoms with Crippen molar-refractivity contribution < 1.29 is 9.63 Å². The molecule has 0 atom stereocenters. The minimum atomic E-state index is -0.633. The van der Waals surface area contributed by atoms with Crippen molar-refractivity contribution in [3.05, 3.63) is 57.0 Å². The molecule has 0 saturated carbocycles. The maximum absolute atomic E-state index is 12.4. The van der Waals surface area contributed by atoms with Crippen LogP contribution in [0.5, 0.6) is 0 Å². The number of carbonyl (C=O) groups is 1. The van der Waals surface area contributed by atoms with Crippen LogP contribution in [-0.4, -0.2) is 36.0 Å². The van der Waals surface area contributed by atoms with Crippen LogP contribution in [0.1, 0.15) is 41.7 Å². The summed E-state index contributed by atoms with van der Waals surface area (Å²) < 4.78 is 5.28. The van der Waals surface area contributed by atoms with Gasteiger partial charge < -0.3 is 4.84 Å². The summed E-state index contributed by atoms with van der Waals surface area (Å²) in [4.78, 5) is 22.0. The first-order valence-corrected chi connectivity index (χ1v) is 10.3. The van der Waals surface area contributed by atoms with Crippen molar-refractivity contribution in [1.29, 1.82) is 0 Å². The summed E-state index contributed by atoms with van der Waals surface area (Å²) in [5.74, 6) is -0.633. The molecule has 0 fully saturated rings. The number of nitrogens with zero attached hydrogens (tertiary/aromatic N) is 6. The highest BCUT2D eigenvalue weighted by Crippen LogP contribution is 2.29. The van der Waals surface area contributed by atoms with E-state index in [1.165, 1.54) is 17.3 Å². The lowest BCUT2D eigenvalue weighted by molar-refractivity contribution is 0.0518. The molecule has 0 aliphatic carbocycles. The predicted molar refractivity (Wildman–Crippen MR) is 118 cm³/mol. The molecule has 0 unspecified atom stereocenters. The number of carbonyl (C=O) groups excluding carboxylic acids is 1. The Balaban J connectivity index is 2.08. The molecule has 0 aliphatic rings. The summed E-state index contributed by atoms with van der Waals surface area (Å²) in [7, 11) is 0. The molecule has 156 valence electrons. The van der Waals surface area contributed by atoms with Gasteiger partial charge in [-0.25, -0.2) is 14.5 Å². The molecule has 8 nitrogen and oxygen atoms in total. The van der Waals surface area contributed by atoms with Crippen LogP contribution in [0.3, 0.4) is 0 Å².